The zero-order valence-corrected chi connectivity index (χ0v) is 13.2. The Kier molecular flexibility index (Phi) is 5.54. The number of rotatable bonds is 5. The molecule has 0 bridgehead atoms. The molecule has 0 saturated heterocycles. The van der Waals surface area contributed by atoms with Crippen molar-refractivity contribution >= 4 is 17.6 Å². The summed E-state index contributed by atoms with van der Waals surface area (Å²) in [5.41, 5.74) is 4.30. The van der Waals surface area contributed by atoms with Gasteiger partial charge in [-0.05, 0) is 47.1 Å². The van der Waals surface area contributed by atoms with Crippen LogP contribution in [0.25, 0.3) is 11.6 Å². The largest absolute Gasteiger partial charge is 0.466 e. The van der Waals surface area contributed by atoms with Gasteiger partial charge in [-0.25, -0.2) is 4.79 Å². The lowest BCUT2D eigenvalue weighted by atomic mass is 9.88. The molecule has 0 N–H and O–H groups in total. The second-order valence-corrected chi connectivity index (χ2v) is 5.39. The van der Waals surface area contributed by atoms with Gasteiger partial charge in [-0.2, -0.15) is 0 Å². The molecular formula is C20H22O2. The average molecular weight is 294 g/mol. The Labute approximate surface area is 132 Å². The van der Waals surface area contributed by atoms with Crippen LogP contribution in [-0.4, -0.2) is 13.1 Å². The van der Waals surface area contributed by atoms with E-state index in [9.17, 15) is 4.79 Å². The Hall–Kier alpha value is -2.35. The van der Waals surface area contributed by atoms with E-state index in [4.69, 9.17) is 0 Å². The van der Waals surface area contributed by atoms with Crippen molar-refractivity contribution in [3.63, 3.8) is 0 Å². The number of methoxy groups -OCH3 is 1. The first kappa shape index (κ1) is 16.0. The maximum atomic E-state index is 11.1. The number of esters is 1. The molecule has 0 heterocycles. The fraction of sp³-hybridized carbons (Fsp3) is 0.250. The van der Waals surface area contributed by atoms with Crippen LogP contribution in [0.5, 0.6) is 0 Å². The minimum absolute atomic E-state index is 0.350. The summed E-state index contributed by atoms with van der Waals surface area (Å²) in [6.45, 7) is 6.43. The van der Waals surface area contributed by atoms with E-state index in [0.717, 1.165) is 29.5 Å². The van der Waals surface area contributed by atoms with Gasteiger partial charge in [0, 0.05) is 6.08 Å². The first-order valence-corrected chi connectivity index (χ1v) is 7.58. The third kappa shape index (κ3) is 4.08. The van der Waals surface area contributed by atoms with Crippen molar-refractivity contribution in [1.82, 2.24) is 0 Å². The summed E-state index contributed by atoms with van der Waals surface area (Å²) in [5.74, 6) is 0.260. The Bertz CT molecular complexity index is 630. The van der Waals surface area contributed by atoms with Crippen LogP contribution in [0.15, 0.2) is 60.7 Å². The number of hydrogen-bond donors (Lipinski definition) is 0. The molecule has 114 valence electrons. The van der Waals surface area contributed by atoms with Gasteiger partial charge < -0.3 is 4.74 Å². The van der Waals surface area contributed by atoms with E-state index in [1.54, 1.807) is 6.08 Å². The van der Waals surface area contributed by atoms with Crippen molar-refractivity contribution < 1.29 is 9.53 Å². The van der Waals surface area contributed by atoms with E-state index in [-0.39, 0.29) is 5.97 Å². The lowest BCUT2D eigenvalue weighted by Gasteiger charge is -2.16. The second kappa shape index (κ2) is 7.60. The molecule has 0 fully saturated rings. The normalized spacial score (nSPS) is 17.4. The van der Waals surface area contributed by atoms with Gasteiger partial charge in [0.1, 0.15) is 0 Å². The fourth-order valence-electron chi connectivity index (χ4n) is 2.43. The molecule has 0 spiro atoms. The van der Waals surface area contributed by atoms with Gasteiger partial charge in [-0.15, -0.1) is 0 Å². The quantitative estimate of drug-likeness (QED) is 0.576. The van der Waals surface area contributed by atoms with E-state index in [2.05, 4.69) is 36.5 Å². The molecule has 1 unspecified atom stereocenters. The van der Waals surface area contributed by atoms with E-state index in [1.807, 2.05) is 24.3 Å². The van der Waals surface area contributed by atoms with Crippen LogP contribution in [0, 0.1) is 5.92 Å². The van der Waals surface area contributed by atoms with Crippen molar-refractivity contribution in [2.45, 2.75) is 19.8 Å². The van der Waals surface area contributed by atoms with Gasteiger partial charge in [0.2, 0.25) is 0 Å². The van der Waals surface area contributed by atoms with Crippen LogP contribution in [0.2, 0.25) is 0 Å². The highest BCUT2D eigenvalue weighted by Gasteiger charge is 2.10. The van der Waals surface area contributed by atoms with Gasteiger partial charge >= 0.3 is 5.97 Å². The molecule has 0 amide bonds. The number of carbonyl (C=O) groups is 1. The molecule has 22 heavy (non-hydrogen) atoms. The third-order valence-corrected chi connectivity index (χ3v) is 3.90. The van der Waals surface area contributed by atoms with E-state index >= 15 is 0 Å². The topological polar surface area (TPSA) is 26.3 Å². The average Bonchev–Trinajstić information content (AvgIpc) is 2.59. The van der Waals surface area contributed by atoms with Crippen LogP contribution < -0.4 is 0 Å². The molecule has 2 nitrogen and oxygen atoms in total. The molecule has 1 aromatic carbocycles. The van der Waals surface area contributed by atoms with Crippen LogP contribution >= 0.6 is 0 Å². The maximum absolute atomic E-state index is 11.1. The Morgan fingerprint density at radius 1 is 1.36 bits per heavy atom. The predicted octanol–water partition coefficient (Wildman–Crippen LogP) is 4.80. The van der Waals surface area contributed by atoms with Gasteiger partial charge in [0.05, 0.1) is 7.11 Å². The third-order valence-electron chi connectivity index (χ3n) is 3.90. The predicted molar refractivity (Wildman–Crippen MR) is 92.1 cm³/mol. The zero-order chi connectivity index (χ0) is 15.9. The Morgan fingerprint density at radius 3 is 2.73 bits per heavy atom. The van der Waals surface area contributed by atoms with Crippen LogP contribution in [-0.2, 0) is 9.53 Å². The first-order chi connectivity index (χ1) is 10.6. The first-order valence-electron chi connectivity index (χ1n) is 7.58. The molecule has 2 heteroatoms. The van der Waals surface area contributed by atoms with E-state index < -0.39 is 0 Å². The summed E-state index contributed by atoms with van der Waals surface area (Å²) in [7, 11) is 1.37. The molecule has 2 rings (SSSR count). The lowest BCUT2D eigenvalue weighted by Crippen LogP contribution is -2.00. The minimum atomic E-state index is -0.350. The molecule has 0 aromatic heterocycles. The summed E-state index contributed by atoms with van der Waals surface area (Å²) in [4.78, 5) is 11.1. The highest BCUT2D eigenvalue weighted by Crippen LogP contribution is 2.29. The number of ether oxygens (including phenoxy) is 1. The molecule has 0 saturated carbocycles. The lowest BCUT2D eigenvalue weighted by molar-refractivity contribution is -0.134. The Morgan fingerprint density at radius 2 is 2.09 bits per heavy atom. The molecule has 1 aliphatic carbocycles. The Balaban J connectivity index is 2.12. The van der Waals surface area contributed by atoms with Crippen molar-refractivity contribution in [2.75, 3.05) is 7.11 Å². The van der Waals surface area contributed by atoms with Gasteiger partial charge in [-0.1, -0.05) is 56.0 Å². The van der Waals surface area contributed by atoms with Crippen LogP contribution in [0.3, 0.4) is 0 Å². The summed E-state index contributed by atoms with van der Waals surface area (Å²) < 4.78 is 4.58. The maximum Gasteiger partial charge on any atom is 0.330 e. The van der Waals surface area contributed by atoms with E-state index in [0.29, 0.717) is 5.92 Å². The summed E-state index contributed by atoms with van der Waals surface area (Å²) in [6, 6.07) is 8.02. The van der Waals surface area contributed by atoms with Crippen LogP contribution in [0.4, 0.5) is 0 Å². The summed E-state index contributed by atoms with van der Waals surface area (Å²) in [5, 5.41) is 0. The van der Waals surface area contributed by atoms with Crippen molar-refractivity contribution in [3.05, 3.63) is 71.8 Å². The minimum Gasteiger partial charge on any atom is -0.466 e. The molecular weight excluding hydrogens is 272 g/mol. The summed E-state index contributed by atoms with van der Waals surface area (Å²) in [6.07, 6.45) is 12.1. The molecule has 0 aliphatic heterocycles. The van der Waals surface area contributed by atoms with Crippen molar-refractivity contribution in [3.8, 4) is 0 Å². The van der Waals surface area contributed by atoms with Crippen LogP contribution in [0.1, 0.15) is 30.9 Å². The number of benzene rings is 1. The standard InChI is InChI=1S/C20H22O2/c1-4-16-6-5-7-19(14-16)15(2)18-11-8-17(9-12-18)10-13-20(21)22-3/h5,7-14,16H,2,4,6H2,1,3H3/b13-10+. The van der Waals surface area contributed by atoms with Crippen molar-refractivity contribution in [1.29, 1.82) is 0 Å². The molecule has 1 aromatic rings. The number of hydrogen-bond acceptors (Lipinski definition) is 2. The number of carbonyl (C=O) groups excluding carboxylic acids is 1. The zero-order valence-electron chi connectivity index (χ0n) is 13.2. The summed E-state index contributed by atoms with van der Waals surface area (Å²) >= 11 is 0. The van der Waals surface area contributed by atoms with E-state index in [1.165, 1.54) is 18.8 Å². The SMILES string of the molecule is C=C(C1=CC(CC)CC=C1)c1ccc(/C=C/C(=O)OC)cc1. The van der Waals surface area contributed by atoms with Gasteiger partial charge in [0.25, 0.3) is 0 Å². The highest BCUT2D eigenvalue weighted by atomic mass is 16.5. The van der Waals surface area contributed by atoms with Crippen molar-refractivity contribution in [2.24, 2.45) is 5.92 Å². The monoisotopic (exact) mass is 294 g/mol. The number of allylic oxidation sites excluding steroid dienone is 5. The van der Waals surface area contributed by atoms with Gasteiger partial charge in [-0.3, -0.25) is 0 Å². The molecule has 1 aliphatic rings. The molecule has 1 atom stereocenters. The second-order valence-electron chi connectivity index (χ2n) is 5.39. The van der Waals surface area contributed by atoms with Gasteiger partial charge in [0.15, 0.2) is 0 Å². The molecule has 0 radical (unpaired) electrons. The highest BCUT2D eigenvalue weighted by molar-refractivity contribution is 5.87. The smallest absolute Gasteiger partial charge is 0.330 e. The fourth-order valence-corrected chi connectivity index (χ4v) is 2.43.